The fourth-order valence-electron chi connectivity index (χ4n) is 2.67. The van der Waals surface area contributed by atoms with E-state index < -0.39 is 38.0 Å². The van der Waals surface area contributed by atoms with Crippen LogP contribution in [-0.2, 0) is 14.6 Å². The van der Waals surface area contributed by atoms with E-state index in [1.54, 1.807) is 13.8 Å². The third kappa shape index (κ3) is 4.46. The van der Waals surface area contributed by atoms with Crippen LogP contribution in [0.4, 0.5) is 0 Å². The summed E-state index contributed by atoms with van der Waals surface area (Å²) in [5.41, 5.74) is 8.86. The molecule has 4 N–H and O–H groups in total. The Morgan fingerprint density at radius 3 is 2.16 bits per heavy atom. The maximum absolute atomic E-state index is 12.9. The van der Waals surface area contributed by atoms with Crippen LogP contribution in [0.25, 0.3) is 0 Å². The molecule has 0 bridgehead atoms. The third-order valence-corrected chi connectivity index (χ3v) is 6.14. The number of aryl methyl sites for hydroxylation is 2. The van der Waals surface area contributed by atoms with E-state index in [4.69, 9.17) is 17.4 Å². The zero-order valence-corrected chi connectivity index (χ0v) is 15.9. The second kappa shape index (κ2) is 8.09. The Bertz CT molecular complexity index is 764. The van der Waals surface area contributed by atoms with Crippen molar-refractivity contribution >= 4 is 21.5 Å². The minimum absolute atomic E-state index is 0.0666. The monoisotopic (exact) mass is 374 g/mol. The first-order chi connectivity index (χ1) is 11.9. The lowest BCUT2D eigenvalue weighted by Gasteiger charge is -2.27. The van der Waals surface area contributed by atoms with Crippen LogP contribution in [0, 0.1) is 13.8 Å². The van der Waals surface area contributed by atoms with Gasteiger partial charge in [-0.15, -0.1) is 0 Å². The predicted octanol–water partition coefficient (Wildman–Crippen LogP) is 1.04. The lowest BCUT2D eigenvalue weighted by atomic mass is 9.90. The molecule has 0 aliphatic rings. The molecule has 0 aliphatic carbocycles. The number of carbonyl (C=O) groups excluding carboxylic acids is 2. The molecule has 0 radical (unpaired) electrons. The number of hydrogen-bond donors (Lipinski definition) is 2. The van der Waals surface area contributed by atoms with E-state index in [1.165, 1.54) is 13.8 Å². The number of hydrogen-bond acceptors (Lipinski definition) is 7. The topological polar surface area (TPSA) is 146 Å². The summed E-state index contributed by atoms with van der Waals surface area (Å²) in [6.07, 6.45) is 1.04. The van der Waals surface area contributed by atoms with Crippen molar-refractivity contribution in [2.45, 2.75) is 64.1 Å². The maximum atomic E-state index is 12.9. The molecule has 8 nitrogen and oxygen atoms in total. The van der Waals surface area contributed by atoms with Crippen LogP contribution in [0.1, 0.15) is 62.7 Å². The van der Waals surface area contributed by atoms with Crippen molar-refractivity contribution in [1.29, 1.82) is 0 Å². The van der Waals surface area contributed by atoms with Crippen molar-refractivity contribution in [2.24, 2.45) is 11.5 Å². The Morgan fingerprint density at radius 1 is 1.28 bits per heavy atom. The van der Waals surface area contributed by atoms with Crippen molar-refractivity contribution in [3.05, 3.63) is 17.0 Å². The minimum Gasteiger partial charge on any atom is -0.368 e. The van der Waals surface area contributed by atoms with E-state index in [-0.39, 0.29) is 29.9 Å². The molecule has 1 aromatic heterocycles. The minimum atomic E-state index is -4.24. The smallest absolute Gasteiger partial charge is 0.246 e. The molecule has 1 amide bonds. The molecule has 1 aromatic rings. The van der Waals surface area contributed by atoms with Gasteiger partial charge in [0, 0.05) is 1.37 Å². The Hall–Kier alpha value is -1.74. The highest BCUT2D eigenvalue weighted by Gasteiger charge is 2.47. The average Bonchev–Trinajstić information content (AvgIpc) is 2.85. The van der Waals surface area contributed by atoms with Crippen LogP contribution < -0.4 is 11.5 Å². The van der Waals surface area contributed by atoms with E-state index in [1.807, 2.05) is 0 Å². The Balaban J connectivity index is 3.41. The standard InChI is InChI=1S/C16H27N3O5S/c1-5-7-12(8-6-2)25(22,23)9-16(18,15(17)21)14(20)13-10(3)19-24-11(13)4/h12H,5-9,18H2,1-4H3,(H2,17,21)/t16-/m1/s1/i12D. The molecule has 1 atom stereocenters. The molecule has 0 fully saturated rings. The fraction of sp³-hybridized carbons (Fsp3) is 0.688. The molecule has 142 valence electrons. The van der Waals surface area contributed by atoms with Gasteiger partial charge in [0.1, 0.15) is 5.76 Å². The lowest BCUT2D eigenvalue weighted by Crippen LogP contribution is -2.63. The van der Waals surface area contributed by atoms with Gasteiger partial charge < -0.3 is 16.0 Å². The van der Waals surface area contributed by atoms with Crippen LogP contribution in [0.5, 0.6) is 0 Å². The van der Waals surface area contributed by atoms with Gasteiger partial charge in [-0.2, -0.15) is 0 Å². The van der Waals surface area contributed by atoms with Crippen molar-refractivity contribution in [3.8, 4) is 0 Å². The average molecular weight is 374 g/mol. The van der Waals surface area contributed by atoms with Crippen molar-refractivity contribution in [1.82, 2.24) is 5.16 Å². The van der Waals surface area contributed by atoms with E-state index in [2.05, 4.69) is 5.16 Å². The molecule has 1 rings (SSSR count). The molecular formula is C16H27N3O5S. The Morgan fingerprint density at radius 2 is 1.80 bits per heavy atom. The quantitative estimate of drug-likeness (QED) is 0.459. The normalized spacial score (nSPS) is 15.5. The zero-order chi connectivity index (χ0) is 20.3. The van der Waals surface area contributed by atoms with E-state index in [0.717, 1.165) is 0 Å². The summed E-state index contributed by atoms with van der Waals surface area (Å²) in [6.45, 7) is 6.44. The molecule has 25 heavy (non-hydrogen) atoms. The SMILES string of the molecule is [2H]C(CCC)(CCC)S(=O)(=O)C[C@](N)(C(N)=O)C(=O)c1c(C)noc1C. The van der Waals surface area contributed by atoms with E-state index in [9.17, 15) is 18.0 Å². The lowest BCUT2D eigenvalue weighted by molar-refractivity contribution is -0.120. The predicted molar refractivity (Wildman–Crippen MR) is 93.8 cm³/mol. The van der Waals surface area contributed by atoms with E-state index in [0.29, 0.717) is 12.8 Å². The van der Waals surface area contributed by atoms with Gasteiger partial charge in [0.25, 0.3) is 0 Å². The Labute approximate surface area is 149 Å². The number of ketones is 1. The number of Topliss-reactive ketones (excluding diaryl/α,β-unsaturated/α-hetero) is 1. The first kappa shape index (κ1) is 19.6. The molecule has 0 aromatic carbocycles. The first-order valence-corrected chi connectivity index (χ1v) is 9.80. The van der Waals surface area contributed by atoms with Gasteiger partial charge in [0.15, 0.2) is 21.2 Å². The van der Waals surface area contributed by atoms with Crippen LogP contribution in [-0.4, -0.2) is 41.8 Å². The molecule has 0 aliphatic heterocycles. The van der Waals surface area contributed by atoms with E-state index >= 15 is 0 Å². The van der Waals surface area contributed by atoms with Crippen molar-refractivity contribution < 1.29 is 23.9 Å². The summed E-state index contributed by atoms with van der Waals surface area (Å²) in [5, 5.41) is 1.79. The number of sulfone groups is 1. The summed E-state index contributed by atoms with van der Waals surface area (Å²) in [5.74, 6) is -3.18. The van der Waals surface area contributed by atoms with Crippen molar-refractivity contribution in [3.63, 3.8) is 0 Å². The number of amides is 1. The maximum Gasteiger partial charge on any atom is 0.246 e. The molecular weight excluding hydrogens is 346 g/mol. The number of aromatic nitrogens is 1. The molecule has 0 saturated heterocycles. The van der Waals surface area contributed by atoms with Crippen molar-refractivity contribution in [2.75, 3.05) is 5.75 Å². The highest BCUT2D eigenvalue weighted by Crippen LogP contribution is 2.24. The zero-order valence-electron chi connectivity index (χ0n) is 16.1. The van der Waals surface area contributed by atoms with Gasteiger partial charge in [-0.05, 0) is 26.7 Å². The van der Waals surface area contributed by atoms with Gasteiger partial charge in [0.05, 0.1) is 22.2 Å². The number of primary amides is 1. The van der Waals surface area contributed by atoms with Crippen LogP contribution in [0.15, 0.2) is 4.52 Å². The van der Waals surface area contributed by atoms with Gasteiger partial charge in [0.2, 0.25) is 5.91 Å². The molecule has 0 saturated carbocycles. The summed E-state index contributed by atoms with van der Waals surface area (Å²) in [6, 6.07) is 0. The molecule has 0 unspecified atom stereocenters. The van der Waals surface area contributed by atoms with Gasteiger partial charge in [-0.1, -0.05) is 31.8 Å². The third-order valence-electron chi connectivity index (χ3n) is 4.02. The highest BCUT2D eigenvalue weighted by atomic mass is 32.2. The number of rotatable bonds is 10. The summed E-state index contributed by atoms with van der Waals surface area (Å²) >= 11 is 0. The second-order valence-corrected chi connectivity index (χ2v) is 8.26. The first-order valence-electron chi connectivity index (χ1n) is 8.65. The number of nitrogens with two attached hydrogens (primary N) is 2. The number of carbonyl (C=O) groups is 2. The van der Waals surface area contributed by atoms with Crippen LogP contribution in [0.2, 0.25) is 0 Å². The number of nitrogens with zero attached hydrogens (tertiary/aromatic N) is 1. The summed E-state index contributed by atoms with van der Waals surface area (Å²) in [4.78, 5) is 24.9. The van der Waals surface area contributed by atoms with Crippen LogP contribution >= 0.6 is 0 Å². The van der Waals surface area contributed by atoms with Gasteiger partial charge in [-0.3, -0.25) is 9.59 Å². The second-order valence-electron chi connectivity index (χ2n) is 6.16. The fourth-order valence-corrected chi connectivity index (χ4v) is 4.78. The van der Waals surface area contributed by atoms with Crippen LogP contribution in [0.3, 0.4) is 0 Å². The summed E-state index contributed by atoms with van der Waals surface area (Å²) < 4.78 is 39.2. The molecule has 9 heteroatoms. The van der Waals surface area contributed by atoms with Gasteiger partial charge in [-0.25, -0.2) is 8.42 Å². The Kier molecular flexibility index (Phi) is 6.34. The highest BCUT2D eigenvalue weighted by molar-refractivity contribution is 7.92. The molecule has 1 heterocycles. The summed E-state index contributed by atoms with van der Waals surface area (Å²) in [7, 11) is -4.24. The molecule has 0 spiro atoms. The largest absolute Gasteiger partial charge is 0.368 e. The van der Waals surface area contributed by atoms with Gasteiger partial charge >= 0.3 is 0 Å².